The lowest BCUT2D eigenvalue weighted by atomic mass is 9.90. The van der Waals surface area contributed by atoms with Crippen LogP contribution >= 0.6 is 0 Å². The van der Waals surface area contributed by atoms with E-state index in [1.54, 1.807) is 42.8 Å². The van der Waals surface area contributed by atoms with Gasteiger partial charge in [0.15, 0.2) is 0 Å². The van der Waals surface area contributed by atoms with Gasteiger partial charge in [0.1, 0.15) is 22.9 Å². The van der Waals surface area contributed by atoms with E-state index in [1.165, 1.54) is 6.20 Å². The summed E-state index contributed by atoms with van der Waals surface area (Å²) in [5.41, 5.74) is 1.64. The Labute approximate surface area is 191 Å². The van der Waals surface area contributed by atoms with E-state index in [4.69, 9.17) is 4.74 Å². The van der Waals surface area contributed by atoms with E-state index < -0.39 is 6.43 Å². The van der Waals surface area contributed by atoms with Crippen molar-refractivity contribution in [2.45, 2.75) is 44.2 Å². The maximum absolute atomic E-state index is 13.1. The van der Waals surface area contributed by atoms with Gasteiger partial charge in [-0.1, -0.05) is 6.07 Å². The largest absolute Gasteiger partial charge is 0.495 e. The number of hydrogen-bond donors (Lipinski definition) is 2. The predicted octanol–water partition coefficient (Wildman–Crippen LogP) is 4.50. The number of halogens is 2. The summed E-state index contributed by atoms with van der Waals surface area (Å²) in [5.74, 6) is 1.41. The number of alkyl halides is 2. The summed E-state index contributed by atoms with van der Waals surface area (Å²) in [5, 5.41) is 6.18. The van der Waals surface area contributed by atoms with Gasteiger partial charge >= 0.3 is 0 Å². The number of anilines is 2. The highest BCUT2D eigenvalue weighted by Gasteiger charge is 2.27. The molecular weight excluding hydrogens is 428 g/mol. The first-order chi connectivity index (χ1) is 15.9. The van der Waals surface area contributed by atoms with Gasteiger partial charge in [-0.25, -0.2) is 13.8 Å². The van der Waals surface area contributed by atoms with Crippen molar-refractivity contribution >= 4 is 23.1 Å². The summed E-state index contributed by atoms with van der Waals surface area (Å²) >= 11 is 0. The Balaban J connectivity index is 1.39. The van der Waals surface area contributed by atoms with E-state index in [2.05, 4.69) is 20.5 Å². The van der Waals surface area contributed by atoms with Crippen molar-refractivity contribution in [2.24, 2.45) is 0 Å². The SMILES string of the molecule is CNc1cc(C(=O)NC2CCC(N(C)c3cccc4nc(C(F)F)cn34)CC2)ccc1OC. The second-order valence-electron chi connectivity index (χ2n) is 8.33. The molecule has 0 saturated heterocycles. The number of amides is 1. The minimum atomic E-state index is -2.60. The summed E-state index contributed by atoms with van der Waals surface area (Å²) in [6.45, 7) is 0. The van der Waals surface area contributed by atoms with Crippen molar-refractivity contribution in [1.29, 1.82) is 0 Å². The zero-order valence-electron chi connectivity index (χ0n) is 19.0. The summed E-state index contributed by atoms with van der Waals surface area (Å²) in [6.07, 6.45) is 2.27. The van der Waals surface area contributed by atoms with Crippen LogP contribution in [-0.2, 0) is 0 Å². The number of ether oxygens (including phenoxy) is 1. The van der Waals surface area contributed by atoms with Gasteiger partial charge in [0.2, 0.25) is 0 Å². The molecule has 3 aromatic rings. The third-order valence-corrected chi connectivity index (χ3v) is 6.38. The quantitative estimate of drug-likeness (QED) is 0.547. The van der Waals surface area contributed by atoms with Gasteiger partial charge in [-0.15, -0.1) is 0 Å². The Kier molecular flexibility index (Phi) is 6.67. The van der Waals surface area contributed by atoms with E-state index in [0.29, 0.717) is 17.0 Å². The van der Waals surface area contributed by atoms with Crippen LogP contribution in [-0.4, -0.2) is 48.6 Å². The highest BCUT2D eigenvalue weighted by molar-refractivity contribution is 5.95. The first-order valence-corrected chi connectivity index (χ1v) is 11.1. The lowest BCUT2D eigenvalue weighted by Crippen LogP contribution is -2.43. The monoisotopic (exact) mass is 457 g/mol. The molecule has 1 saturated carbocycles. The van der Waals surface area contributed by atoms with E-state index >= 15 is 0 Å². The highest BCUT2D eigenvalue weighted by atomic mass is 19.3. The molecule has 0 spiro atoms. The van der Waals surface area contributed by atoms with Crippen LogP contribution in [0.1, 0.15) is 48.2 Å². The van der Waals surface area contributed by atoms with Crippen LogP contribution < -0.4 is 20.3 Å². The standard InChI is InChI=1S/C24H29F2N5O2/c1-27-18-13-15(7-12-20(18)33-3)24(32)28-16-8-10-17(11-9-16)30(2)22-6-4-5-21-29-19(23(25)26)14-31(21)22/h4-7,12-14,16-17,23,27H,8-11H2,1-3H3,(H,28,32). The zero-order chi connectivity index (χ0) is 23.5. The topological polar surface area (TPSA) is 70.9 Å². The van der Waals surface area contributed by atoms with Crippen molar-refractivity contribution in [3.8, 4) is 5.75 Å². The molecule has 0 unspecified atom stereocenters. The second kappa shape index (κ2) is 9.64. The average Bonchev–Trinajstić information content (AvgIpc) is 3.28. The number of aromatic nitrogens is 2. The Morgan fingerprint density at radius 3 is 2.64 bits per heavy atom. The molecule has 2 heterocycles. The average molecular weight is 458 g/mol. The van der Waals surface area contributed by atoms with Crippen LogP contribution in [0.25, 0.3) is 5.65 Å². The van der Waals surface area contributed by atoms with Gasteiger partial charge in [0, 0.05) is 37.9 Å². The number of methoxy groups -OCH3 is 1. The zero-order valence-corrected chi connectivity index (χ0v) is 19.0. The molecule has 9 heteroatoms. The predicted molar refractivity (Wildman–Crippen MR) is 125 cm³/mol. The smallest absolute Gasteiger partial charge is 0.281 e. The number of pyridine rings is 1. The number of nitrogens with one attached hydrogen (secondary N) is 2. The van der Waals surface area contributed by atoms with Crippen LogP contribution in [0.3, 0.4) is 0 Å². The fourth-order valence-corrected chi connectivity index (χ4v) is 4.52. The van der Waals surface area contributed by atoms with Crippen molar-refractivity contribution in [3.63, 3.8) is 0 Å². The number of carbonyl (C=O) groups is 1. The Hall–Kier alpha value is -3.36. The van der Waals surface area contributed by atoms with Gasteiger partial charge in [-0.3, -0.25) is 9.20 Å². The van der Waals surface area contributed by atoms with Crippen molar-refractivity contribution in [2.75, 3.05) is 31.4 Å². The van der Waals surface area contributed by atoms with E-state index in [1.807, 2.05) is 19.2 Å². The summed E-state index contributed by atoms with van der Waals surface area (Å²) in [6, 6.07) is 11.2. The van der Waals surface area contributed by atoms with Crippen molar-refractivity contribution < 1.29 is 18.3 Å². The molecule has 0 aliphatic heterocycles. The summed E-state index contributed by atoms with van der Waals surface area (Å²) in [4.78, 5) is 18.9. The third kappa shape index (κ3) is 4.72. The van der Waals surface area contributed by atoms with E-state index in [0.717, 1.165) is 37.2 Å². The molecule has 1 aliphatic carbocycles. The fourth-order valence-electron chi connectivity index (χ4n) is 4.52. The number of hydrogen-bond acceptors (Lipinski definition) is 5. The van der Waals surface area contributed by atoms with Crippen LogP contribution in [0.5, 0.6) is 5.75 Å². The molecule has 2 aromatic heterocycles. The lowest BCUT2D eigenvalue weighted by Gasteiger charge is -2.36. The van der Waals surface area contributed by atoms with Crippen molar-refractivity contribution in [1.82, 2.24) is 14.7 Å². The van der Waals surface area contributed by atoms with Crippen LogP contribution in [0.2, 0.25) is 0 Å². The minimum absolute atomic E-state index is 0.0942. The van der Waals surface area contributed by atoms with Gasteiger partial charge < -0.3 is 20.3 Å². The maximum atomic E-state index is 13.1. The minimum Gasteiger partial charge on any atom is -0.495 e. The Morgan fingerprint density at radius 1 is 1.21 bits per heavy atom. The van der Waals surface area contributed by atoms with Gasteiger partial charge in [0.05, 0.1) is 12.8 Å². The molecule has 1 aromatic carbocycles. The number of benzene rings is 1. The molecule has 176 valence electrons. The molecule has 1 aliphatic rings. The molecule has 1 fully saturated rings. The molecule has 1 amide bonds. The summed E-state index contributed by atoms with van der Waals surface area (Å²) < 4.78 is 33.2. The van der Waals surface area contributed by atoms with E-state index in [9.17, 15) is 13.6 Å². The molecular formula is C24H29F2N5O2. The van der Waals surface area contributed by atoms with Gasteiger partial charge in [-0.2, -0.15) is 0 Å². The molecule has 7 nitrogen and oxygen atoms in total. The summed E-state index contributed by atoms with van der Waals surface area (Å²) in [7, 11) is 5.36. The molecule has 33 heavy (non-hydrogen) atoms. The molecule has 4 rings (SSSR count). The van der Waals surface area contributed by atoms with Crippen LogP contribution in [0.15, 0.2) is 42.6 Å². The molecule has 0 bridgehead atoms. The highest BCUT2D eigenvalue weighted by Crippen LogP contribution is 2.29. The van der Waals surface area contributed by atoms with Crippen LogP contribution in [0, 0.1) is 0 Å². The Morgan fingerprint density at radius 2 is 1.97 bits per heavy atom. The molecule has 2 N–H and O–H groups in total. The normalized spacial score (nSPS) is 18.4. The first kappa shape index (κ1) is 22.8. The number of rotatable bonds is 7. The van der Waals surface area contributed by atoms with Crippen LogP contribution in [0.4, 0.5) is 20.3 Å². The van der Waals surface area contributed by atoms with Gasteiger partial charge in [0.25, 0.3) is 12.3 Å². The fraction of sp³-hybridized carbons (Fsp3) is 0.417. The number of nitrogens with zero attached hydrogens (tertiary/aromatic N) is 3. The lowest BCUT2D eigenvalue weighted by molar-refractivity contribution is 0.0925. The first-order valence-electron chi connectivity index (χ1n) is 11.1. The molecule has 0 atom stereocenters. The third-order valence-electron chi connectivity index (χ3n) is 6.38. The molecule has 0 radical (unpaired) electrons. The van der Waals surface area contributed by atoms with Crippen molar-refractivity contribution in [3.05, 3.63) is 53.9 Å². The maximum Gasteiger partial charge on any atom is 0.281 e. The Bertz CT molecular complexity index is 1130. The van der Waals surface area contributed by atoms with E-state index in [-0.39, 0.29) is 23.7 Å². The van der Waals surface area contributed by atoms with Gasteiger partial charge in [-0.05, 0) is 56.0 Å². The number of imidazole rings is 1. The number of carbonyl (C=O) groups excluding carboxylic acids is 1. The second-order valence-corrected chi connectivity index (χ2v) is 8.33. The number of fused-ring (bicyclic) bond motifs is 1.